The van der Waals surface area contributed by atoms with Crippen LogP contribution in [0.2, 0.25) is 0 Å². The van der Waals surface area contributed by atoms with Crippen molar-refractivity contribution in [1.29, 1.82) is 0 Å². The first-order valence-electron chi connectivity index (χ1n) is 8.25. The normalized spacial score (nSPS) is 13.8. The zero-order valence-corrected chi connectivity index (χ0v) is 13.7. The summed E-state index contributed by atoms with van der Waals surface area (Å²) in [6.45, 7) is 6.43. The van der Waals surface area contributed by atoms with Crippen LogP contribution in [-0.2, 0) is 6.54 Å². The molecule has 3 rings (SSSR count). The van der Waals surface area contributed by atoms with Crippen LogP contribution in [0.5, 0.6) is 0 Å². The lowest BCUT2D eigenvalue weighted by Crippen LogP contribution is -2.28. The molecule has 2 N–H and O–H groups in total. The third-order valence-corrected chi connectivity index (χ3v) is 4.22. The van der Waals surface area contributed by atoms with Crippen LogP contribution < -0.4 is 10.2 Å². The summed E-state index contributed by atoms with van der Waals surface area (Å²) in [5, 5.41) is 10.0. The van der Waals surface area contributed by atoms with E-state index in [-0.39, 0.29) is 5.91 Å². The van der Waals surface area contributed by atoms with E-state index in [0.717, 1.165) is 30.2 Å². The van der Waals surface area contributed by atoms with E-state index in [1.54, 1.807) is 6.20 Å². The van der Waals surface area contributed by atoms with Crippen molar-refractivity contribution in [1.82, 2.24) is 20.5 Å². The van der Waals surface area contributed by atoms with E-state index in [0.29, 0.717) is 18.2 Å². The number of nitrogens with zero attached hydrogens (tertiary/aromatic N) is 3. The van der Waals surface area contributed by atoms with Crippen LogP contribution in [0.3, 0.4) is 0 Å². The largest absolute Gasteiger partial charge is 0.357 e. The molecule has 2 aromatic heterocycles. The molecule has 23 heavy (non-hydrogen) atoms. The van der Waals surface area contributed by atoms with Crippen molar-refractivity contribution < 1.29 is 4.79 Å². The van der Waals surface area contributed by atoms with Crippen molar-refractivity contribution >= 4 is 11.7 Å². The predicted octanol–water partition coefficient (Wildman–Crippen LogP) is 2.46. The van der Waals surface area contributed by atoms with E-state index in [2.05, 4.69) is 39.2 Å². The lowest BCUT2D eigenvalue weighted by molar-refractivity contribution is 0.0946. The predicted molar refractivity (Wildman–Crippen MR) is 89.5 cm³/mol. The summed E-state index contributed by atoms with van der Waals surface area (Å²) in [6, 6.07) is 5.76. The second kappa shape index (κ2) is 6.81. The molecule has 1 amide bonds. The van der Waals surface area contributed by atoms with Crippen molar-refractivity contribution in [2.75, 3.05) is 18.0 Å². The summed E-state index contributed by atoms with van der Waals surface area (Å²) >= 11 is 0. The van der Waals surface area contributed by atoms with Gasteiger partial charge >= 0.3 is 0 Å². The van der Waals surface area contributed by atoms with Gasteiger partial charge in [0.15, 0.2) is 0 Å². The average molecular weight is 313 g/mol. The van der Waals surface area contributed by atoms with Gasteiger partial charge in [0.2, 0.25) is 0 Å². The fourth-order valence-corrected chi connectivity index (χ4v) is 2.70. The molecule has 2 heterocycles. The highest BCUT2D eigenvalue weighted by atomic mass is 16.1. The van der Waals surface area contributed by atoms with Crippen molar-refractivity contribution in [3.63, 3.8) is 0 Å². The number of nitrogens with one attached hydrogen (secondary N) is 2. The zero-order valence-electron chi connectivity index (χ0n) is 13.7. The van der Waals surface area contributed by atoms with E-state index in [4.69, 9.17) is 0 Å². The van der Waals surface area contributed by atoms with Gasteiger partial charge in [0, 0.05) is 43.0 Å². The van der Waals surface area contributed by atoms with Gasteiger partial charge in [-0.3, -0.25) is 9.89 Å². The Morgan fingerprint density at radius 2 is 2.17 bits per heavy atom. The maximum Gasteiger partial charge on any atom is 0.272 e. The Morgan fingerprint density at radius 3 is 2.87 bits per heavy atom. The Kier molecular flexibility index (Phi) is 4.60. The fraction of sp³-hybridized carbons (Fsp3) is 0.471. The monoisotopic (exact) mass is 313 g/mol. The topological polar surface area (TPSA) is 73.9 Å². The van der Waals surface area contributed by atoms with Crippen molar-refractivity contribution in [2.24, 2.45) is 0 Å². The van der Waals surface area contributed by atoms with Crippen LogP contribution in [0.15, 0.2) is 24.4 Å². The Labute approximate surface area is 136 Å². The third-order valence-electron chi connectivity index (χ3n) is 4.22. The molecule has 1 aliphatic rings. The van der Waals surface area contributed by atoms with Crippen molar-refractivity contribution in [2.45, 2.75) is 39.2 Å². The smallest absolute Gasteiger partial charge is 0.272 e. The minimum absolute atomic E-state index is 0.150. The molecule has 6 nitrogen and oxygen atoms in total. The molecule has 1 aliphatic carbocycles. The Balaban J connectivity index is 1.66. The first-order chi connectivity index (χ1) is 11.2. The summed E-state index contributed by atoms with van der Waals surface area (Å²) in [4.78, 5) is 18.9. The lowest BCUT2D eigenvalue weighted by Gasteiger charge is -2.22. The quantitative estimate of drug-likeness (QED) is 0.823. The number of anilines is 1. The number of hydrogen-bond donors (Lipinski definition) is 2. The van der Waals surface area contributed by atoms with Crippen molar-refractivity contribution in [3.8, 4) is 0 Å². The minimum atomic E-state index is -0.150. The van der Waals surface area contributed by atoms with Crippen LogP contribution in [0.4, 0.5) is 5.82 Å². The third kappa shape index (κ3) is 3.52. The molecule has 0 aromatic carbocycles. The molecule has 2 aromatic rings. The molecule has 0 spiro atoms. The highest BCUT2D eigenvalue weighted by Gasteiger charge is 2.26. The van der Waals surface area contributed by atoms with Crippen LogP contribution in [0, 0.1) is 0 Å². The van der Waals surface area contributed by atoms with E-state index in [9.17, 15) is 4.79 Å². The van der Waals surface area contributed by atoms with Crippen molar-refractivity contribution in [3.05, 3.63) is 41.3 Å². The number of carbonyl (C=O) groups excluding carboxylic acids is 1. The first kappa shape index (κ1) is 15.5. The van der Waals surface area contributed by atoms with Gasteiger partial charge in [-0.25, -0.2) is 4.98 Å². The second-order valence-corrected chi connectivity index (χ2v) is 5.82. The number of pyridine rings is 1. The molecule has 0 aliphatic heterocycles. The van der Waals surface area contributed by atoms with E-state index >= 15 is 0 Å². The summed E-state index contributed by atoms with van der Waals surface area (Å²) < 4.78 is 0. The Bertz CT molecular complexity index is 673. The van der Waals surface area contributed by atoms with Crippen LogP contribution in [0.25, 0.3) is 0 Å². The molecule has 0 unspecified atom stereocenters. The number of hydrogen-bond acceptors (Lipinski definition) is 4. The van der Waals surface area contributed by atoms with Gasteiger partial charge in [0.05, 0.1) is 0 Å². The fourth-order valence-electron chi connectivity index (χ4n) is 2.70. The van der Waals surface area contributed by atoms with E-state index < -0.39 is 0 Å². The molecule has 0 saturated heterocycles. The summed E-state index contributed by atoms with van der Waals surface area (Å²) in [5.41, 5.74) is 2.54. The Morgan fingerprint density at radius 1 is 1.39 bits per heavy atom. The second-order valence-electron chi connectivity index (χ2n) is 5.82. The van der Waals surface area contributed by atoms with Crippen LogP contribution >= 0.6 is 0 Å². The molecular weight excluding hydrogens is 290 g/mol. The standard InChI is InChI=1S/C17H23N5O/c1-3-22(4-2)16-13(6-5-9-18-16)11-19-17(23)15-10-14(20-21-15)12-7-8-12/h5-6,9-10,12H,3-4,7-8,11H2,1-2H3,(H,19,23)(H,20,21). The van der Waals surface area contributed by atoms with Gasteiger partial charge in [-0.2, -0.15) is 5.10 Å². The highest BCUT2D eigenvalue weighted by Crippen LogP contribution is 2.38. The molecule has 0 bridgehead atoms. The molecule has 1 fully saturated rings. The molecule has 0 atom stereocenters. The number of aromatic nitrogens is 3. The van der Waals surface area contributed by atoms with Gasteiger partial charge in [0.1, 0.15) is 11.5 Å². The first-order valence-corrected chi connectivity index (χ1v) is 8.25. The van der Waals surface area contributed by atoms with Gasteiger partial charge in [-0.05, 0) is 38.8 Å². The maximum absolute atomic E-state index is 12.3. The van der Waals surface area contributed by atoms with E-state index in [1.807, 2.05) is 18.2 Å². The van der Waals surface area contributed by atoms with Gasteiger partial charge in [-0.1, -0.05) is 6.07 Å². The highest BCUT2D eigenvalue weighted by molar-refractivity contribution is 5.92. The summed E-state index contributed by atoms with van der Waals surface area (Å²) in [5.74, 6) is 1.35. The number of amides is 1. The summed E-state index contributed by atoms with van der Waals surface area (Å²) in [7, 11) is 0. The maximum atomic E-state index is 12.3. The molecular formula is C17H23N5O. The van der Waals surface area contributed by atoms with Crippen LogP contribution in [0.1, 0.15) is 54.4 Å². The number of rotatable bonds is 7. The molecule has 122 valence electrons. The Hall–Kier alpha value is -2.37. The molecule has 6 heteroatoms. The molecule has 0 radical (unpaired) electrons. The van der Waals surface area contributed by atoms with Gasteiger partial charge in [0.25, 0.3) is 5.91 Å². The SMILES string of the molecule is CCN(CC)c1ncccc1CNC(=O)c1cc(C2CC2)[nH]n1. The van der Waals surface area contributed by atoms with Gasteiger partial charge in [-0.15, -0.1) is 0 Å². The number of aromatic amines is 1. The average Bonchev–Trinajstić information content (AvgIpc) is 3.32. The van der Waals surface area contributed by atoms with Gasteiger partial charge < -0.3 is 10.2 Å². The number of H-pyrrole nitrogens is 1. The van der Waals surface area contributed by atoms with E-state index in [1.165, 1.54) is 12.8 Å². The lowest BCUT2D eigenvalue weighted by atomic mass is 10.2. The minimum Gasteiger partial charge on any atom is -0.357 e. The number of carbonyl (C=O) groups is 1. The zero-order chi connectivity index (χ0) is 16.2. The summed E-state index contributed by atoms with van der Waals surface area (Å²) in [6.07, 6.45) is 4.16. The van der Waals surface area contributed by atoms with Crippen LogP contribution in [-0.4, -0.2) is 34.2 Å². The molecule has 1 saturated carbocycles.